The molecule has 1 fully saturated rings. The van der Waals surface area contributed by atoms with Crippen molar-refractivity contribution in [2.24, 2.45) is 0 Å². The number of para-hydroxylation sites is 1. The van der Waals surface area contributed by atoms with Gasteiger partial charge in [-0.05, 0) is 25.5 Å². The molecule has 1 aromatic carbocycles. The van der Waals surface area contributed by atoms with Gasteiger partial charge in [-0.1, -0.05) is 31.0 Å². The second-order valence-electron chi connectivity index (χ2n) is 5.36. The molecular weight excluding hydrogens is 252 g/mol. The maximum atomic E-state index is 12.5. The molecule has 0 spiro atoms. The SMILES string of the molecule is COc1ccccc1CN(C)C(=O)C1CCCCCN1. The van der Waals surface area contributed by atoms with Crippen LogP contribution in [0.25, 0.3) is 0 Å². The molecule has 1 saturated heterocycles. The van der Waals surface area contributed by atoms with Crippen LogP contribution in [0.1, 0.15) is 31.2 Å². The standard InChI is InChI=1S/C16H24N2O2/c1-18(12-13-8-5-6-10-15(13)20-2)16(19)14-9-4-3-7-11-17-14/h5-6,8,10,14,17H,3-4,7,9,11-12H2,1-2H3. The highest BCUT2D eigenvalue weighted by Crippen LogP contribution is 2.19. The number of ether oxygens (including phenoxy) is 1. The fourth-order valence-electron chi connectivity index (χ4n) is 2.67. The second-order valence-corrected chi connectivity index (χ2v) is 5.36. The molecule has 1 unspecified atom stereocenters. The van der Waals surface area contributed by atoms with Gasteiger partial charge in [0.25, 0.3) is 0 Å². The van der Waals surface area contributed by atoms with E-state index in [0.717, 1.165) is 30.7 Å². The number of nitrogens with zero attached hydrogens (tertiary/aromatic N) is 1. The molecule has 0 aliphatic carbocycles. The Balaban J connectivity index is 1.99. The summed E-state index contributed by atoms with van der Waals surface area (Å²) in [6.07, 6.45) is 4.45. The Morgan fingerprint density at radius 2 is 2.15 bits per heavy atom. The highest BCUT2D eigenvalue weighted by Gasteiger charge is 2.23. The molecule has 4 nitrogen and oxygen atoms in total. The van der Waals surface area contributed by atoms with Gasteiger partial charge >= 0.3 is 0 Å². The number of amides is 1. The molecule has 0 bridgehead atoms. The number of methoxy groups -OCH3 is 1. The number of rotatable bonds is 4. The van der Waals surface area contributed by atoms with Crippen LogP contribution in [-0.2, 0) is 11.3 Å². The highest BCUT2D eigenvalue weighted by atomic mass is 16.5. The van der Waals surface area contributed by atoms with Crippen LogP contribution >= 0.6 is 0 Å². The van der Waals surface area contributed by atoms with Gasteiger partial charge in [-0.3, -0.25) is 4.79 Å². The van der Waals surface area contributed by atoms with Gasteiger partial charge in [0, 0.05) is 19.2 Å². The van der Waals surface area contributed by atoms with Gasteiger partial charge in [0.2, 0.25) is 5.91 Å². The minimum atomic E-state index is -0.0304. The van der Waals surface area contributed by atoms with E-state index >= 15 is 0 Å². The Bertz CT molecular complexity index is 440. The van der Waals surface area contributed by atoms with Crippen LogP contribution in [0, 0.1) is 0 Å². The quantitative estimate of drug-likeness (QED) is 0.916. The lowest BCUT2D eigenvalue weighted by molar-refractivity contribution is -0.132. The van der Waals surface area contributed by atoms with E-state index in [1.165, 1.54) is 12.8 Å². The van der Waals surface area contributed by atoms with Crippen LogP contribution in [0.15, 0.2) is 24.3 Å². The predicted molar refractivity (Wildman–Crippen MR) is 79.7 cm³/mol. The Morgan fingerprint density at radius 1 is 1.35 bits per heavy atom. The summed E-state index contributed by atoms with van der Waals surface area (Å²) in [5.74, 6) is 1.01. The Hall–Kier alpha value is -1.55. The zero-order valence-corrected chi connectivity index (χ0v) is 12.4. The highest BCUT2D eigenvalue weighted by molar-refractivity contribution is 5.81. The summed E-state index contributed by atoms with van der Waals surface area (Å²) < 4.78 is 5.34. The molecule has 0 saturated carbocycles. The fraction of sp³-hybridized carbons (Fsp3) is 0.562. The first kappa shape index (κ1) is 14.9. The van der Waals surface area contributed by atoms with Crippen molar-refractivity contribution in [3.63, 3.8) is 0 Å². The predicted octanol–water partition coefficient (Wildman–Crippen LogP) is 2.19. The maximum Gasteiger partial charge on any atom is 0.239 e. The Morgan fingerprint density at radius 3 is 2.95 bits per heavy atom. The molecule has 1 amide bonds. The molecule has 0 aromatic heterocycles. The molecule has 4 heteroatoms. The van der Waals surface area contributed by atoms with Crippen molar-refractivity contribution in [2.45, 2.75) is 38.3 Å². The summed E-state index contributed by atoms with van der Waals surface area (Å²) >= 11 is 0. The molecule has 20 heavy (non-hydrogen) atoms. The number of hydrogen-bond acceptors (Lipinski definition) is 3. The zero-order valence-electron chi connectivity index (χ0n) is 12.4. The number of carbonyl (C=O) groups is 1. The molecule has 0 radical (unpaired) electrons. The van der Waals surface area contributed by atoms with E-state index in [9.17, 15) is 4.79 Å². The topological polar surface area (TPSA) is 41.6 Å². The first-order valence-electron chi connectivity index (χ1n) is 7.32. The van der Waals surface area contributed by atoms with Crippen molar-refractivity contribution in [1.29, 1.82) is 0 Å². The van der Waals surface area contributed by atoms with Crippen LogP contribution in [0.3, 0.4) is 0 Å². The average Bonchev–Trinajstić information content (AvgIpc) is 2.76. The second kappa shape index (κ2) is 7.29. The van der Waals surface area contributed by atoms with Gasteiger partial charge in [-0.25, -0.2) is 0 Å². The van der Waals surface area contributed by atoms with Crippen LogP contribution in [0.4, 0.5) is 0 Å². The molecule has 2 rings (SSSR count). The van der Waals surface area contributed by atoms with Gasteiger partial charge in [-0.2, -0.15) is 0 Å². The van der Waals surface area contributed by atoms with E-state index in [1.807, 2.05) is 31.3 Å². The molecule has 1 heterocycles. The van der Waals surface area contributed by atoms with E-state index in [2.05, 4.69) is 5.32 Å². The van der Waals surface area contributed by atoms with E-state index in [4.69, 9.17) is 4.74 Å². The van der Waals surface area contributed by atoms with Gasteiger partial charge in [-0.15, -0.1) is 0 Å². The fourth-order valence-corrected chi connectivity index (χ4v) is 2.67. The number of likely N-dealkylation sites (N-methyl/N-ethyl adjacent to an activating group) is 1. The molecule has 110 valence electrons. The largest absolute Gasteiger partial charge is 0.496 e. The van der Waals surface area contributed by atoms with Crippen molar-refractivity contribution in [1.82, 2.24) is 10.2 Å². The summed E-state index contributed by atoms with van der Waals surface area (Å²) in [4.78, 5) is 14.3. The molecule has 1 aliphatic rings. The molecule has 1 aromatic rings. The van der Waals surface area contributed by atoms with Crippen LogP contribution in [0.5, 0.6) is 5.75 Å². The summed E-state index contributed by atoms with van der Waals surface area (Å²) in [5, 5.41) is 3.35. The molecule has 1 N–H and O–H groups in total. The first-order chi connectivity index (χ1) is 9.72. The van der Waals surface area contributed by atoms with Gasteiger partial charge in [0.05, 0.1) is 13.2 Å². The zero-order chi connectivity index (χ0) is 14.4. The molecular formula is C16H24N2O2. The van der Waals surface area contributed by atoms with Crippen molar-refractivity contribution in [3.8, 4) is 5.75 Å². The Kier molecular flexibility index (Phi) is 5.41. The maximum absolute atomic E-state index is 12.5. The minimum Gasteiger partial charge on any atom is -0.496 e. The monoisotopic (exact) mass is 276 g/mol. The lowest BCUT2D eigenvalue weighted by atomic mass is 10.1. The van der Waals surface area contributed by atoms with Crippen LogP contribution in [-0.4, -0.2) is 37.6 Å². The van der Waals surface area contributed by atoms with Crippen molar-refractivity contribution < 1.29 is 9.53 Å². The summed E-state index contributed by atoms with van der Waals surface area (Å²) in [6, 6.07) is 7.81. The van der Waals surface area contributed by atoms with E-state index in [0.29, 0.717) is 6.54 Å². The smallest absolute Gasteiger partial charge is 0.239 e. The number of benzene rings is 1. The number of carbonyl (C=O) groups excluding carboxylic acids is 1. The summed E-state index contributed by atoms with van der Waals surface area (Å²) in [6.45, 7) is 1.53. The van der Waals surface area contributed by atoms with Crippen molar-refractivity contribution >= 4 is 5.91 Å². The van der Waals surface area contributed by atoms with Crippen LogP contribution < -0.4 is 10.1 Å². The summed E-state index contributed by atoms with van der Waals surface area (Å²) in [7, 11) is 3.52. The van der Waals surface area contributed by atoms with Gasteiger partial charge in [0.15, 0.2) is 0 Å². The normalized spacial score (nSPS) is 19.2. The van der Waals surface area contributed by atoms with Crippen LogP contribution in [0.2, 0.25) is 0 Å². The molecule has 1 atom stereocenters. The van der Waals surface area contributed by atoms with Crippen molar-refractivity contribution in [3.05, 3.63) is 29.8 Å². The average molecular weight is 276 g/mol. The molecule has 1 aliphatic heterocycles. The lowest BCUT2D eigenvalue weighted by Crippen LogP contribution is -2.44. The van der Waals surface area contributed by atoms with Gasteiger partial charge in [0.1, 0.15) is 5.75 Å². The lowest BCUT2D eigenvalue weighted by Gasteiger charge is -2.24. The summed E-state index contributed by atoms with van der Waals surface area (Å²) in [5.41, 5.74) is 1.04. The van der Waals surface area contributed by atoms with Gasteiger partial charge < -0.3 is 15.0 Å². The third-order valence-electron chi connectivity index (χ3n) is 3.83. The number of nitrogens with one attached hydrogen (secondary N) is 1. The Labute approximate surface area is 121 Å². The third kappa shape index (κ3) is 3.73. The third-order valence-corrected chi connectivity index (χ3v) is 3.83. The minimum absolute atomic E-state index is 0.0304. The number of hydrogen-bond donors (Lipinski definition) is 1. The van der Waals surface area contributed by atoms with Crippen molar-refractivity contribution in [2.75, 3.05) is 20.7 Å². The van der Waals surface area contributed by atoms with E-state index in [1.54, 1.807) is 12.0 Å². The van der Waals surface area contributed by atoms with E-state index < -0.39 is 0 Å². The van der Waals surface area contributed by atoms with E-state index in [-0.39, 0.29) is 11.9 Å². The first-order valence-corrected chi connectivity index (χ1v) is 7.32.